The first-order chi connectivity index (χ1) is 13.6. The van der Waals surface area contributed by atoms with Crippen LogP contribution in [0.15, 0.2) is 29.2 Å². The van der Waals surface area contributed by atoms with Crippen molar-refractivity contribution in [3.63, 3.8) is 0 Å². The first-order valence-electron chi connectivity index (χ1n) is 9.67. The molecule has 162 valence electrons. The fraction of sp³-hybridized carbons (Fsp3) is 0.611. The zero-order chi connectivity index (χ0) is 21.2. The van der Waals surface area contributed by atoms with Crippen LogP contribution in [0.25, 0.3) is 0 Å². The Kier molecular flexibility index (Phi) is 6.89. The lowest BCUT2D eigenvalue weighted by Crippen LogP contribution is -2.53. The molecule has 2 heterocycles. The third-order valence-electron chi connectivity index (χ3n) is 5.56. The molecular weight excluding hydrogens is 438 g/mol. The molecular formula is C18H26ClN3O5S2. The van der Waals surface area contributed by atoms with E-state index >= 15 is 0 Å². The molecule has 8 nitrogen and oxygen atoms in total. The summed E-state index contributed by atoms with van der Waals surface area (Å²) in [5.41, 5.74) is 0. The lowest BCUT2D eigenvalue weighted by atomic mass is 9.96. The van der Waals surface area contributed by atoms with Crippen LogP contribution in [0, 0.1) is 5.92 Å². The predicted molar refractivity (Wildman–Crippen MR) is 111 cm³/mol. The quantitative estimate of drug-likeness (QED) is 0.654. The molecule has 2 fully saturated rings. The molecule has 3 rings (SSSR count). The van der Waals surface area contributed by atoms with E-state index in [0.717, 1.165) is 0 Å². The van der Waals surface area contributed by atoms with Crippen molar-refractivity contribution in [2.24, 2.45) is 5.92 Å². The molecule has 0 aliphatic carbocycles. The summed E-state index contributed by atoms with van der Waals surface area (Å²) in [6.45, 7) is 3.55. The van der Waals surface area contributed by atoms with E-state index < -0.39 is 20.0 Å². The number of hydrogen-bond donors (Lipinski definition) is 0. The Morgan fingerprint density at radius 3 is 2.00 bits per heavy atom. The third kappa shape index (κ3) is 4.93. The number of halogens is 1. The lowest BCUT2D eigenvalue weighted by Gasteiger charge is -2.37. The van der Waals surface area contributed by atoms with Crippen molar-refractivity contribution in [2.45, 2.75) is 24.7 Å². The number of piperazine rings is 1. The van der Waals surface area contributed by atoms with E-state index in [1.807, 2.05) is 0 Å². The van der Waals surface area contributed by atoms with Gasteiger partial charge in [-0.3, -0.25) is 4.79 Å². The van der Waals surface area contributed by atoms with Crippen molar-refractivity contribution in [1.82, 2.24) is 13.5 Å². The Bertz CT molecular complexity index is 934. The molecule has 1 aromatic rings. The first-order valence-corrected chi connectivity index (χ1v) is 13.1. The van der Waals surface area contributed by atoms with Crippen LogP contribution >= 0.6 is 11.6 Å². The third-order valence-corrected chi connectivity index (χ3v) is 9.61. The average Bonchev–Trinajstić information content (AvgIpc) is 2.73. The standard InChI is InChI=1S/C18H26ClN3O5S2/c1-2-28(24,25)21-13-11-20(12-14-21)18(23)15-7-9-22(10-8-15)29(26,27)17-5-3-16(19)4-6-17/h3-6,15H,2,7-14H2,1H3. The minimum absolute atomic E-state index is 0.0120. The Morgan fingerprint density at radius 2 is 1.48 bits per heavy atom. The highest BCUT2D eigenvalue weighted by atomic mass is 35.5. The molecule has 0 atom stereocenters. The zero-order valence-electron chi connectivity index (χ0n) is 16.3. The lowest BCUT2D eigenvalue weighted by molar-refractivity contribution is -0.137. The number of carbonyl (C=O) groups is 1. The van der Waals surface area contributed by atoms with Crippen LogP contribution in [-0.2, 0) is 24.8 Å². The summed E-state index contributed by atoms with van der Waals surface area (Å²) in [5, 5.41) is 0.472. The minimum Gasteiger partial charge on any atom is -0.340 e. The highest BCUT2D eigenvalue weighted by Crippen LogP contribution is 2.26. The van der Waals surface area contributed by atoms with E-state index in [1.54, 1.807) is 24.0 Å². The maximum atomic E-state index is 12.8. The highest BCUT2D eigenvalue weighted by molar-refractivity contribution is 7.89. The van der Waals surface area contributed by atoms with Gasteiger partial charge in [-0.15, -0.1) is 0 Å². The molecule has 0 radical (unpaired) electrons. The van der Waals surface area contributed by atoms with Gasteiger partial charge in [0.05, 0.1) is 10.6 Å². The van der Waals surface area contributed by atoms with Gasteiger partial charge >= 0.3 is 0 Å². The van der Waals surface area contributed by atoms with Gasteiger partial charge in [0.15, 0.2) is 0 Å². The van der Waals surface area contributed by atoms with E-state index in [0.29, 0.717) is 44.0 Å². The Balaban J connectivity index is 1.55. The number of sulfonamides is 2. The summed E-state index contributed by atoms with van der Waals surface area (Å²) < 4.78 is 52.3. The monoisotopic (exact) mass is 463 g/mol. The Morgan fingerprint density at radius 1 is 0.931 bits per heavy atom. The largest absolute Gasteiger partial charge is 0.340 e. The van der Waals surface area contributed by atoms with Crippen LogP contribution in [-0.4, -0.2) is 81.3 Å². The molecule has 0 bridgehead atoms. The molecule has 0 unspecified atom stereocenters. The fourth-order valence-corrected chi connectivity index (χ4v) is 6.41. The molecule has 1 amide bonds. The second-order valence-corrected chi connectivity index (χ2v) is 11.9. The van der Waals surface area contributed by atoms with E-state index in [2.05, 4.69) is 0 Å². The number of benzene rings is 1. The van der Waals surface area contributed by atoms with E-state index in [9.17, 15) is 21.6 Å². The second-order valence-electron chi connectivity index (χ2n) is 7.26. The topological polar surface area (TPSA) is 95.1 Å². The normalized spacial score (nSPS) is 20.7. The molecule has 1 aromatic carbocycles. The van der Waals surface area contributed by atoms with Crippen LogP contribution in [0.3, 0.4) is 0 Å². The first kappa shape index (κ1) is 22.5. The van der Waals surface area contributed by atoms with Gasteiger partial charge in [0, 0.05) is 50.2 Å². The van der Waals surface area contributed by atoms with E-state index in [1.165, 1.54) is 20.7 Å². The molecule has 2 aliphatic heterocycles. The van der Waals surface area contributed by atoms with Gasteiger partial charge in [-0.25, -0.2) is 16.8 Å². The average molecular weight is 464 g/mol. The summed E-state index contributed by atoms with van der Waals surface area (Å²) in [7, 11) is -6.84. The maximum absolute atomic E-state index is 12.8. The van der Waals surface area contributed by atoms with Crippen molar-refractivity contribution in [3.8, 4) is 0 Å². The van der Waals surface area contributed by atoms with Crippen LogP contribution in [0.1, 0.15) is 19.8 Å². The van der Waals surface area contributed by atoms with Crippen LogP contribution < -0.4 is 0 Å². The Labute approximate surface area is 177 Å². The van der Waals surface area contributed by atoms with Crippen LogP contribution in [0.2, 0.25) is 5.02 Å². The fourth-order valence-electron chi connectivity index (χ4n) is 3.73. The number of amides is 1. The van der Waals surface area contributed by atoms with Crippen molar-refractivity contribution in [2.75, 3.05) is 45.0 Å². The number of piperidine rings is 1. The Hall–Kier alpha value is -1.20. The molecule has 0 saturated carbocycles. The molecule has 2 saturated heterocycles. The molecule has 0 aromatic heterocycles. The second kappa shape index (κ2) is 8.89. The van der Waals surface area contributed by atoms with Gasteiger partial charge in [0.25, 0.3) is 0 Å². The molecule has 0 spiro atoms. The number of nitrogens with zero attached hydrogens (tertiary/aromatic N) is 3. The number of hydrogen-bond acceptors (Lipinski definition) is 5. The molecule has 2 aliphatic rings. The van der Waals surface area contributed by atoms with Gasteiger partial charge < -0.3 is 4.90 Å². The van der Waals surface area contributed by atoms with Gasteiger partial charge in [-0.05, 0) is 44.0 Å². The summed E-state index contributed by atoms with van der Waals surface area (Å²) in [6, 6.07) is 6.06. The molecule has 11 heteroatoms. The van der Waals surface area contributed by atoms with Gasteiger partial charge in [-0.1, -0.05) is 11.6 Å². The maximum Gasteiger partial charge on any atom is 0.243 e. The zero-order valence-corrected chi connectivity index (χ0v) is 18.7. The van der Waals surface area contributed by atoms with Crippen molar-refractivity contribution in [3.05, 3.63) is 29.3 Å². The van der Waals surface area contributed by atoms with Crippen LogP contribution in [0.4, 0.5) is 0 Å². The summed E-state index contributed by atoms with van der Waals surface area (Å²) in [5.74, 6) is -0.190. The van der Waals surface area contributed by atoms with Crippen LogP contribution in [0.5, 0.6) is 0 Å². The van der Waals surface area contributed by atoms with Crippen molar-refractivity contribution in [1.29, 1.82) is 0 Å². The number of rotatable bonds is 5. The summed E-state index contributed by atoms with van der Waals surface area (Å²) in [6.07, 6.45) is 0.915. The summed E-state index contributed by atoms with van der Waals surface area (Å²) in [4.78, 5) is 14.7. The molecule has 29 heavy (non-hydrogen) atoms. The van der Waals surface area contributed by atoms with Gasteiger partial charge in [0.2, 0.25) is 26.0 Å². The van der Waals surface area contributed by atoms with Gasteiger partial charge in [-0.2, -0.15) is 8.61 Å². The highest BCUT2D eigenvalue weighted by Gasteiger charge is 2.35. The van der Waals surface area contributed by atoms with E-state index in [4.69, 9.17) is 11.6 Å². The van der Waals surface area contributed by atoms with Crippen molar-refractivity contribution >= 4 is 37.6 Å². The SMILES string of the molecule is CCS(=O)(=O)N1CCN(C(=O)C2CCN(S(=O)(=O)c3ccc(Cl)cc3)CC2)CC1. The molecule has 0 N–H and O–H groups in total. The van der Waals surface area contributed by atoms with E-state index in [-0.39, 0.29) is 35.6 Å². The number of carbonyl (C=O) groups excluding carboxylic acids is 1. The predicted octanol–water partition coefficient (Wildman–Crippen LogP) is 1.23. The minimum atomic E-state index is -3.60. The van der Waals surface area contributed by atoms with Gasteiger partial charge in [0.1, 0.15) is 0 Å². The van der Waals surface area contributed by atoms with Crippen molar-refractivity contribution < 1.29 is 21.6 Å². The smallest absolute Gasteiger partial charge is 0.243 e. The summed E-state index contributed by atoms with van der Waals surface area (Å²) >= 11 is 5.83.